The minimum absolute atomic E-state index is 0.121. The van der Waals surface area contributed by atoms with Crippen LogP contribution in [0.5, 0.6) is 0 Å². The second-order valence-electron chi connectivity index (χ2n) is 2.85. The highest BCUT2D eigenvalue weighted by molar-refractivity contribution is 8.06. The number of ether oxygens (including phenoxy) is 1. The molecule has 3 nitrogen and oxygen atoms in total. The first-order valence-corrected chi connectivity index (χ1v) is 7.28. The van der Waals surface area contributed by atoms with Crippen molar-refractivity contribution >= 4 is 28.5 Å². The lowest BCUT2D eigenvalue weighted by atomic mass is 10.2. The Hall–Kier alpha value is 0.730. The first-order valence-electron chi connectivity index (χ1n) is 3.81. The summed E-state index contributed by atoms with van der Waals surface area (Å²) in [4.78, 5) is 0. The summed E-state index contributed by atoms with van der Waals surface area (Å²) in [6.07, 6.45) is 1.94. The lowest BCUT2D eigenvalue weighted by Gasteiger charge is -2.23. The van der Waals surface area contributed by atoms with E-state index in [9.17, 15) is 4.57 Å². The summed E-state index contributed by atoms with van der Waals surface area (Å²) >= 11 is 11.1. The van der Waals surface area contributed by atoms with Crippen LogP contribution in [0.1, 0.15) is 12.8 Å². The first kappa shape index (κ1) is 10.8. The molecule has 0 aromatic heterocycles. The van der Waals surface area contributed by atoms with Crippen molar-refractivity contribution in [2.24, 2.45) is 0 Å². The quantitative estimate of drug-likeness (QED) is 0.700. The van der Waals surface area contributed by atoms with Crippen molar-refractivity contribution in [2.45, 2.75) is 18.9 Å². The van der Waals surface area contributed by atoms with Crippen molar-refractivity contribution in [1.29, 1.82) is 0 Å². The topological polar surface area (TPSA) is 29.5 Å². The molecule has 72 valence electrons. The maximum absolute atomic E-state index is 11.3. The molecule has 0 spiro atoms. The molecule has 0 bridgehead atoms. The molecule has 0 aromatic carbocycles. The fourth-order valence-electron chi connectivity index (χ4n) is 1.49. The molecule has 1 heterocycles. The number of methoxy groups -OCH3 is 1. The number of hydrogen-bond acceptors (Lipinski definition) is 2. The third-order valence-corrected chi connectivity index (χ3v) is 4.29. The van der Waals surface area contributed by atoms with Gasteiger partial charge in [0, 0.05) is 19.7 Å². The van der Waals surface area contributed by atoms with E-state index in [1.54, 1.807) is 11.8 Å². The molecule has 1 rings (SSSR count). The molecule has 1 fully saturated rings. The largest absolute Gasteiger partial charge is 0.383 e. The molecule has 0 saturated carbocycles. The third kappa shape index (κ3) is 2.61. The fraction of sp³-hybridized carbons (Fsp3) is 1.00. The van der Waals surface area contributed by atoms with Gasteiger partial charge in [0.2, 0.25) is 0 Å². The van der Waals surface area contributed by atoms with Crippen molar-refractivity contribution in [3.63, 3.8) is 0 Å². The summed E-state index contributed by atoms with van der Waals surface area (Å²) in [5.41, 5.74) is 0. The number of rotatable bonds is 3. The molecule has 1 aliphatic rings. The van der Waals surface area contributed by atoms with Crippen LogP contribution in [-0.2, 0) is 9.30 Å². The molecular formula is C6H12Cl2NO2P. The smallest absolute Gasteiger partial charge is 0.322 e. The summed E-state index contributed by atoms with van der Waals surface area (Å²) in [7, 11) is 1.61. The summed E-state index contributed by atoms with van der Waals surface area (Å²) in [6.45, 7) is 1.25. The van der Waals surface area contributed by atoms with Gasteiger partial charge in [0.15, 0.2) is 0 Å². The maximum atomic E-state index is 11.3. The van der Waals surface area contributed by atoms with Gasteiger partial charge in [-0.3, -0.25) is 4.57 Å². The zero-order valence-electron chi connectivity index (χ0n) is 6.87. The van der Waals surface area contributed by atoms with Crippen LogP contribution >= 0.6 is 28.5 Å². The predicted octanol–water partition coefficient (Wildman–Crippen LogP) is 2.68. The van der Waals surface area contributed by atoms with Crippen LogP contribution in [0, 0.1) is 0 Å². The molecule has 1 atom stereocenters. The van der Waals surface area contributed by atoms with E-state index in [2.05, 4.69) is 0 Å². The molecule has 1 saturated heterocycles. The van der Waals surface area contributed by atoms with E-state index < -0.39 is 6.00 Å². The van der Waals surface area contributed by atoms with Crippen molar-refractivity contribution < 1.29 is 9.30 Å². The molecule has 6 heteroatoms. The number of hydrogen-bond donors (Lipinski definition) is 0. The monoisotopic (exact) mass is 231 g/mol. The second-order valence-corrected chi connectivity index (χ2v) is 7.50. The second kappa shape index (κ2) is 4.30. The highest BCUT2D eigenvalue weighted by atomic mass is 35.9. The van der Waals surface area contributed by atoms with Crippen LogP contribution < -0.4 is 0 Å². The van der Waals surface area contributed by atoms with Gasteiger partial charge in [-0.2, -0.15) is 0 Å². The Morgan fingerprint density at radius 3 is 2.83 bits per heavy atom. The molecule has 0 amide bonds. The van der Waals surface area contributed by atoms with Gasteiger partial charge in [-0.1, -0.05) is 0 Å². The van der Waals surface area contributed by atoms with Crippen molar-refractivity contribution in [3.05, 3.63) is 0 Å². The number of halogens is 2. The molecule has 12 heavy (non-hydrogen) atoms. The van der Waals surface area contributed by atoms with Gasteiger partial charge >= 0.3 is 6.00 Å². The van der Waals surface area contributed by atoms with Gasteiger partial charge in [0.1, 0.15) is 0 Å². The van der Waals surface area contributed by atoms with Crippen molar-refractivity contribution in [1.82, 2.24) is 4.67 Å². The molecule has 1 aliphatic heterocycles. The van der Waals surface area contributed by atoms with Gasteiger partial charge < -0.3 is 4.74 Å². The van der Waals surface area contributed by atoms with Gasteiger partial charge in [0.05, 0.1) is 6.61 Å². The Labute approximate surface area is 82.0 Å². The van der Waals surface area contributed by atoms with E-state index in [0.29, 0.717) is 13.2 Å². The van der Waals surface area contributed by atoms with E-state index in [4.69, 9.17) is 27.2 Å². The summed E-state index contributed by atoms with van der Waals surface area (Å²) in [5, 5.41) is 0. The SMILES string of the molecule is COC[C@@H]1CCCN1P(=O)(Cl)Cl. The standard InChI is InChI=1S/C6H12Cl2NO2P/c1-11-5-6-3-2-4-9(6)12(7,8)10/h6H,2-5H2,1H3/t6-/m0/s1. The molecule has 0 N–H and O–H groups in total. The lowest BCUT2D eigenvalue weighted by molar-refractivity contribution is 0.150. The van der Waals surface area contributed by atoms with Crippen LogP contribution in [0.4, 0.5) is 0 Å². The molecular weight excluding hydrogens is 220 g/mol. The molecule has 0 radical (unpaired) electrons. The van der Waals surface area contributed by atoms with Gasteiger partial charge in [-0.05, 0) is 35.3 Å². The fourth-order valence-corrected chi connectivity index (χ4v) is 3.62. The Kier molecular flexibility index (Phi) is 3.87. The van der Waals surface area contributed by atoms with Gasteiger partial charge in [0.25, 0.3) is 0 Å². The predicted molar refractivity (Wildman–Crippen MR) is 50.9 cm³/mol. The van der Waals surface area contributed by atoms with E-state index in [0.717, 1.165) is 12.8 Å². The Morgan fingerprint density at radius 1 is 1.67 bits per heavy atom. The zero-order valence-corrected chi connectivity index (χ0v) is 9.28. The van der Waals surface area contributed by atoms with Crippen LogP contribution in [0.15, 0.2) is 0 Å². The van der Waals surface area contributed by atoms with Crippen LogP contribution in [0.2, 0.25) is 0 Å². The maximum Gasteiger partial charge on any atom is 0.322 e. The zero-order chi connectivity index (χ0) is 9.19. The minimum atomic E-state index is -3.10. The first-order chi connectivity index (χ1) is 5.55. The van der Waals surface area contributed by atoms with Crippen LogP contribution in [-0.4, -0.2) is 31.0 Å². The van der Waals surface area contributed by atoms with Crippen molar-refractivity contribution in [3.8, 4) is 0 Å². The van der Waals surface area contributed by atoms with E-state index >= 15 is 0 Å². The average molecular weight is 232 g/mol. The van der Waals surface area contributed by atoms with Crippen molar-refractivity contribution in [2.75, 3.05) is 20.3 Å². The Morgan fingerprint density at radius 2 is 2.33 bits per heavy atom. The highest BCUT2D eigenvalue weighted by Crippen LogP contribution is 2.62. The van der Waals surface area contributed by atoms with E-state index in [1.165, 1.54) is 0 Å². The van der Waals surface area contributed by atoms with Gasteiger partial charge in [-0.15, -0.1) is 0 Å². The summed E-state index contributed by atoms with van der Waals surface area (Å²) in [6, 6.07) is 0.121. The Balaban J connectivity index is 2.58. The summed E-state index contributed by atoms with van der Waals surface area (Å²) < 4.78 is 17.9. The minimum Gasteiger partial charge on any atom is -0.383 e. The van der Waals surface area contributed by atoms with Gasteiger partial charge in [-0.25, -0.2) is 4.67 Å². The van der Waals surface area contributed by atoms with Crippen LogP contribution in [0.3, 0.4) is 0 Å². The molecule has 0 unspecified atom stereocenters. The van der Waals surface area contributed by atoms with E-state index in [-0.39, 0.29) is 6.04 Å². The Bertz CT molecular complexity index is 196. The molecule has 0 aromatic rings. The summed E-state index contributed by atoms with van der Waals surface area (Å²) in [5.74, 6) is -3.10. The van der Waals surface area contributed by atoms with E-state index in [1.807, 2.05) is 0 Å². The normalized spacial score (nSPS) is 26.4. The van der Waals surface area contributed by atoms with Crippen LogP contribution in [0.25, 0.3) is 0 Å². The third-order valence-electron chi connectivity index (χ3n) is 2.00. The highest BCUT2D eigenvalue weighted by Gasteiger charge is 2.35. The lowest BCUT2D eigenvalue weighted by Crippen LogP contribution is -2.27. The number of nitrogens with zero attached hydrogens (tertiary/aromatic N) is 1. The molecule has 0 aliphatic carbocycles. The average Bonchev–Trinajstić information content (AvgIpc) is 2.34.